The van der Waals surface area contributed by atoms with Crippen molar-refractivity contribution in [1.29, 1.82) is 0 Å². The molecule has 0 amide bonds. The number of nitrogens with zero attached hydrogens (tertiary/aromatic N) is 2. The van der Waals surface area contributed by atoms with Gasteiger partial charge in [0.2, 0.25) is 5.88 Å². The van der Waals surface area contributed by atoms with Gasteiger partial charge in [0.05, 0.1) is 11.2 Å². The molecule has 19 heavy (non-hydrogen) atoms. The van der Waals surface area contributed by atoms with Crippen molar-refractivity contribution in [2.24, 2.45) is 0 Å². The normalized spacial score (nSPS) is 10.3. The fourth-order valence-electron chi connectivity index (χ4n) is 1.49. The van der Waals surface area contributed by atoms with Crippen molar-refractivity contribution >= 4 is 33.8 Å². The monoisotopic (exact) mass is 340 g/mol. The third-order valence-corrected chi connectivity index (χ3v) is 3.77. The molecule has 0 unspecified atom stereocenters. The van der Waals surface area contributed by atoms with E-state index in [0.717, 1.165) is 10.0 Å². The molecule has 0 bridgehead atoms. The number of rotatable bonds is 4. The van der Waals surface area contributed by atoms with E-state index in [9.17, 15) is 4.79 Å². The number of aldehydes is 1. The third kappa shape index (κ3) is 3.30. The first kappa shape index (κ1) is 14.0. The lowest BCUT2D eigenvalue weighted by molar-refractivity contribution is 0.111. The van der Waals surface area contributed by atoms with Gasteiger partial charge in [-0.3, -0.25) is 4.79 Å². The van der Waals surface area contributed by atoms with Gasteiger partial charge in [-0.05, 0) is 28.9 Å². The molecule has 0 saturated heterocycles. The summed E-state index contributed by atoms with van der Waals surface area (Å²) in [5.41, 5.74) is 1.69. The van der Waals surface area contributed by atoms with E-state index in [-0.39, 0.29) is 12.3 Å². The maximum Gasteiger partial charge on any atom is 0.235 e. The summed E-state index contributed by atoms with van der Waals surface area (Å²) >= 11 is 9.49. The molecule has 6 heteroatoms. The number of aromatic nitrogens is 2. The van der Waals surface area contributed by atoms with Crippen molar-refractivity contribution in [2.75, 3.05) is 0 Å². The van der Waals surface area contributed by atoms with Gasteiger partial charge in [-0.1, -0.05) is 23.7 Å². The molecular formula is C13H10BrClN2O2. The minimum atomic E-state index is 0.283. The fourth-order valence-corrected chi connectivity index (χ4v) is 2.08. The molecule has 1 aromatic carbocycles. The van der Waals surface area contributed by atoms with Gasteiger partial charge in [-0.2, -0.15) is 0 Å². The largest absolute Gasteiger partial charge is 0.471 e. The van der Waals surface area contributed by atoms with Crippen molar-refractivity contribution in [2.45, 2.75) is 13.5 Å². The zero-order chi connectivity index (χ0) is 13.8. The van der Waals surface area contributed by atoms with Crippen molar-refractivity contribution < 1.29 is 9.53 Å². The molecule has 0 fully saturated rings. The Morgan fingerprint density at radius 3 is 2.95 bits per heavy atom. The van der Waals surface area contributed by atoms with Crippen LogP contribution < -0.4 is 4.74 Å². The molecule has 0 aliphatic carbocycles. The Balaban J connectivity index is 2.14. The van der Waals surface area contributed by atoms with Crippen LogP contribution in [0.1, 0.15) is 21.7 Å². The zero-order valence-electron chi connectivity index (χ0n) is 10.1. The highest BCUT2D eigenvalue weighted by Crippen LogP contribution is 2.27. The second-order valence-electron chi connectivity index (χ2n) is 3.80. The van der Waals surface area contributed by atoms with Gasteiger partial charge in [0.1, 0.15) is 18.0 Å². The van der Waals surface area contributed by atoms with Crippen molar-refractivity contribution in [3.8, 4) is 5.88 Å². The van der Waals surface area contributed by atoms with E-state index >= 15 is 0 Å². The first-order chi connectivity index (χ1) is 9.11. The van der Waals surface area contributed by atoms with Crippen LogP contribution in [-0.2, 0) is 6.61 Å². The predicted octanol–water partition coefficient (Wildman–Crippen LogP) is 3.59. The van der Waals surface area contributed by atoms with Gasteiger partial charge in [-0.25, -0.2) is 9.97 Å². The summed E-state index contributed by atoms with van der Waals surface area (Å²) < 4.78 is 6.38. The Morgan fingerprint density at radius 2 is 2.26 bits per heavy atom. The lowest BCUT2D eigenvalue weighted by atomic mass is 10.2. The summed E-state index contributed by atoms with van der Waals surface area (Å²) in [4.78, 5) is 18.7. The van der Waals surface area contributed by atoms with Gasteiger partial charge in [0, 0.05) is 10.0 Å². The average molecular weight is 342 g/mol. The van der Waals surface area contributed by atoms with Gasteiger partial charge < -0.3 is 4.74 Å². The Hall–Kier alpha value is -1.46. The third-order valence-electron chi connectivity index (χ3n) is 2.44. The van der Waals surface area contributed by atoms with Gasteiger partial charge in [-0.15, -0.1) is 0 Å². The Bertz CT molecular complexity index is 620. The topological polar surface area (TPSA) is 52.1 Å². The fraction of sp³-hybridized carbons (Fsp3) is 0.154. The maximum atomic E-state index is 10.6. The lowest BCUT2D eigenvalue weighted by Crippen LogP contribution is -2.02. The van der Waals surface area contributed by atoms with Crippen molar-refractivity contribution in [1.82, 2.24) is 9.97 Å². The molecule has 2 rings (SSSR count). The number of carbonyl (C=O) groups is 1. The van der Waals surface area contributed by atoms with E-state index in [4.69, 9.17) is 16.3 Å². The van der Waals surface area contributed by atoms with E-state index in [0.29, 0.717) is 22.9 Å². The van der Waals surface area contributed by atoms with Gasteiger partial charge in [0.25, 0.3) is 0 Å². The zero-order valence-corrected chi connectivity index (χ0v) is 12.4. The maximum absolute atomic E-state index is 10.6. The Kier molecular flexibility index (Phi) is 4.50. The molecule has 0 N–H and O–H groups in total. The summed E-state index contributed by atoms with van der Waals surface area (Å²) in [5, 5.41) is 0.609. The van der Waals surface area contributed by atoms with Crippen molar-refractivity contribution in [3.05, 3.63) is 50.8 Å². The average Bonchev–Trinajstić information content (AvgIpc) is 2.41. The van der Waals surface area contributed by atoms with Crippen LogP contribution in [0.25, 0.3) is 0 Å². The molecule has 0 spiro atoms. The molecule has 2 aromatic rings. The molecule has 98 valence electrons. The quantitative estimate of drug-likeness (QED) is 0.797. The SMILES string of the molecule is Cc1nc(C=O)cnc1OCc1cccc(Br)c1Cl. The van der Waals surface area contributed by atoms with Crippen LogP contribution in [0.2, 0.25) is 5.02 Å². The van der Waals surface area contributed by atoms with Crippen LogP contribution >= 0.6 is 27.5 Å². The molecule has 0 aliphatic heterocycles. The highest BCUT2D eigenvalue weighted by atomic mass is 79.9. The molecular weight excluding hydrogens is 332 g/mol. The van der Waals surface area contributed by atoms with E-state index in [1.807, 2.05) is 18.2 Å². The molecule has 4 nitrogen and oxygen atoms in total. The number of benzene rings is 1. The second kappa shape index (κ2) is 6.12. The minimum absolute atomic E-state index is 0.283. The summed E-state index contributed by atoms with van der Waals surface area (Å²) in [5.74, 6) is 0.390. The number of carbonyl (C=O) groups excluding carboxylic acids is 1. The molecule has 0 saturated carbocycles. The predicted molar refractivity (Wildman–Crippen MR) is 75.6 cm³/mol. The summed E-state index contributed by atoms with van der Waals surface area (Å²) in [6, 6.07) is 5.61. The van der Waals surface area contributed by atoms with Crippen LogP contribution in [0, 0.1) is 6.92 Å². The minimum Gasteiger partial charge on any atom is -0.471 e. The van der Waals surface area contributed by atoms with E-state index < -0.39 is 0 Å². The van der Waals surface area contributed by atoms with Crippen LogP contribution in [0.15, 0.2) is 28.9 Å². The summed E-state index contributed by atoms with van der Waals surface area (Å²) in [6.07, 6.45) is 2.02. The van der Waals surface area contributed by atoms with E-state index in [1.165, 1.54) is 6.20 Å². The molecule has 1 heterocycles. The standard InChI is InChI=1S/C13H10BrClN2O2/c1-8-13(16-5-10(6-18)17-8)19-7-9-3-2-4-11(14)12(9)15/h2-6H,7H2,1H3. The summed E-state index contributed by atoms with van der Waals surface area (Å²) in [6.45, 7) is 2.02. The number of ether oxygens (including phenoxy) is 1. The lowest BCUT2D eigenvalue weighted by Gasteiger charge is -2.09. The van der Waals surface area contributed by atoms with Crippen LogP contribution in [0.5, 0.6) is 5.88 Å². The first-order valence-corrected chi connectivity index (χ1v) is 6.63. The number of aryl methyl sites for hydroxylation is 1. The van der Waals surface area contributed by atoms with Crippen LogP contribution in [0.4, 0.5) is 0 Å². The molecule has 0 atom stereocenters. The van der Waals surface area contributed by atoms with E-state index in [2.05, 4.69) is 25.9 Å². The highest BCUT2D eigenvalue weighted by molar-refractivity contribution is 9.10. The second-order valence-corrected chi connectivity index (χ2v) is 5.04. The number of halogens is 2. The summed E-state index contributed by atoms with van der Waals surface area (Å²) in [7, 11) is 0. The van der Waals surface area contributed by atoms with E-state index in [1.54, 1.807) is 6.92 Å². The first-order valence-electron chi connectivity index (χ1n) is 5.46. The van der Waals surface area contributed by atoms with Gasteiger partial charge in [0.15, 0.2) is 6.29 Å². The number of hydrogen-bond acceptors (Lipinski definition) is 4. The highest BCUT2D eigenvalue weighted by Gasteiger charge is 2.08. The van der Waals surface area contributed by atoms with Gasteiger partial charge >= 0.3 is 0 Å². The Labute approximate surface area is 123 Å². The van der Waals surface area contributed by atoms with Crippen LogP contribution in [0.3, 0.4) is 0 Å². The number of hydrogen-bond donors (Lipinski definition) is 0. The van der Waals surface area contributed by atoms with Crippen molar-refractivity contribution in [3.63, 3.8) is 0 Å². The molecule has 1 aromatic heterocycles. The molecule has 0 radical (unpaired) electrons. The van der Waals surface area contributed by atoms with Crippen LogP contribution in [-0.4, -0.2) is 16.3 Å². The molecule has 0 aliphatic rings. The smallest absolute Gasteiger partial charge is 0.235 e. The Morgan fingerprint density at radius 1 is 1.47 bits per heavy atom.